The van der Waals surface area contributed by atoms with E-state index in [0.717, 1.165) is 21.7 Å². The highest BCUT2D eigenvalue weighted by molar-refractivity contribution is 6.31. The summed E-state index contributed by atoms with van der Waals surface area (Å²) in [6, 6.07) is 17.5. The van der Waals surface area contributed by atoms with E-state index in [1.165, 1.54) is 0 Å². The third kappa shape index (κ3) is 2.89. The SMILES string of the molecule is O=C(Nc1cc2ccccc2cc1C(=O)O)c1cc2cc(Cl)ccc2[nH]1. The second-order valence-corrected chi connectivity index (χ2v) is 6.36. The van der Waals surface area contributed by atoms with Crippen LogP contribution in [-0.4, -0.2) is 22.0 Å². The molecular weight excluding hydrogens is 352 g/mol. The van der Waals surface area contributed by atoms with Crippen molar-refractivity contribution >= 4 is 50.8 Å². The second kappa shape index (κ2) is 6.20. The first-order chi connectivity index (χ1) is 12.5. The molecule has 1 aromatic heterocycles. The molecule has 0 aliphatic carbocycles. The molecule has 0 saturated heterocycles. The summed E-state index contributed by atoms with van der Waals surface area (Å²) in [6.45, 7) is 0. The van der Waals surface area contributed by atoms with Gasteiger partial charge < -0.3 is 15.4 Å². The Balaban J connectivity index is 1.74. The molecule has 0 fully saturated rings. The zero-order valence-electron chi connectivity index (χ0n) is 13.4. The lowest BCUT2D eigenvalue weighted by Crippen LogP contribution is -2.15. The maximum absolute atomic E-state index is 12.6. The molecule has 3 N–H and O–H groups in total. The molecule has 4 aromatic rings. The standard InChI is InChI=1S/C20H13ClN2O3/c21-14-5-6-16-13(7-14)10-18(22-16)19(24)23-17-9-12-4-2-1-3-11(12)8-15(17)20(25)26/h1-10,22H,(H,23,24)(H,25,26). The highest BCUT2D eigenvalue weighted by atomic mass is 35.5. The number of carbonyl (C=O) groups excluding carboxylic acids is 1. The fraction of sp³-hybridized carbons (Fsp3) is 0. The lowest BCUT2D eigenvalue weighted by atomic mass is 10.0. The maximum atomic E-state index is 12.6. The Labute approximate surface area is 153 Å². The smallest absolute Gasteiger partial charge is 0.337 e. The first kappa shape index (κ1) is 16.2. The first-order valence-corrected chi connectivity index (χ1v) is 8.25. The van der Waals surface area contributed by atoms with Gasteiger partial charge in [-0.25, -0.2) is 4.79 Å². The van der Waals surface area contributed by atoms with Crippen molar-refractivity contribution in [2.45, 2.75) is 0 Å². The van der Waals surface area contributed by atoms with E-state index in [-0.39, 0.29) is 11.3 Å². The van der Waals surface area contributed by atoms with E-state index < -0.39 is 11.9 Å². The van der Waals surface area contributed by atoms with Crippen molar-refractivity contribution in [2.75, 3.05) is 5.32 Å². The minimum atomic E-state index is -1.10. The maximum Gasteiger partial charge on any atom is 0.337 e. The van der Waals surface area contributed by atoms with Crippen molar-refractivity contribution in [3.8, 4) is 0 Å². The Morgan fingerprint density at radius 3 is 2.38 bits per heavy atom. The van der Waals surface area contributed by atoms with Gasteiger partial charge in [0, 0.05) is 15.9 Å². The Morgan fingerprint density at radius 1 is 0.923 bits per heavy atom. The van der Waals surface area contributed by atoms with Gasteiger partial charge in [-0.1, -0.05) is 35.9 Å². The van der Waals surface area contributed by atoms with Crippen molar-refractivity contribution in [2.24, 2.45) is 0 Å². The number of hydrogen-bond acceptors (Lipinski definition) is 2. The number of amides is 1. The van der Waals surface area contributed by atoms with E-state index in [9.17, 15) is 14.7 Å². The van der Waals surface area contributed by atoms with Crippen molar-refractivity contribution in [3.05, 3.63) is 76.9 Å². The molecule has 3 aromatic carbocycles. The minimum Gasteiger partial charge on any atom is -0.478 e. The Morgan fingerprint density at radius 2 is 1.65 bits per heavy atom. The van der Waals surface area contributed by atoms with Crippen molar-refractivity contribution < 1.29 is 14.7 Å². The first-order valence-electron chi connectivity index (χ1n) is 7.87. The zero-order chi connectivity index (χ0) is 18.3. The van der Waals surface area contributed by atoms with Crippen LogP contribution in [0.1, 0.15) is 20.8 Å². The summed E-state index contributed by atoms with van der Waals surface area (Å²) in [4.78, 5) is 27.2. The third-order valence-electron chi connectivity index (χ3n) is 4.19. The van der Waals surface area contributed by atoms with Crippen LogP contribution in [0, 0.1) is 0 Å². The molecule has 0 unspecified atom stereocenters. The number of aromatic amines is 1. The molecule has 0 aliphatic heterocycles. The van der Waals surface area contributed by atoms with Gasteiger partial charge in [0.25, 0.3) is 5.91 Å². The molecule has 1 heterocycles. The van der Waals surface area contributed by atoms with Crippen molar-refractivity contribution in [1.29, 1.82) is 0 Å². The molecule has 0 spiro atoms. The van der Waals surface area contributed by atoms with Crippen LogP contribution in [0.2, 0.25) is 5.02 Å². The number of anilines is 1. The molecule has 5 nitrogen and oxygen atoms in total. The van der Waals surface area contributed by atoms with Crippen LogP contribution >= 0.6 is 11.6 Å². The van der Waals surface area contributed by atoms with E-state index in [0.29, 0.717) is 10.7 Å². The molecule has 1 amide bonds. The molecular formula is C20H13ClN2O3. The van der Waals surface area contributed by atoms with Gasteiger partial charge in [-0.3, -0.25) is 4.79 Å². The van der Waals surface area contributed by atoms with Gasteiger partial charge in [0.05, 0.1) is 11.3 Å². The Bertz CT molecular complexity index is 1180. The number of fused-ring (bicyclic) bond motifs is 2. The van der Waals surface area contributed by atoms with Gasteiger partial charge in [0.1, 0.15) is 5.69 Å². The molecule has 4 rings (SSSR count). The zero-order valence-corrected chi connectivity index (χ0v) is 14.2. The fourth-order valence-corrected chi connectivity index (χ4v) is 3.12. The van der Waals surface area contributed by atoms with Crippen LogP contribution in [0.25, 0.3) is 21.7 Å². The number of carbonyl (C=O) groups is 2. The van der Waals surface area contributed by atoms with E-state index in [2.05, 4.69) is 10.3 Å². The lowest BCUT2D eigenvalue weighted by Gasteiger charge is -2.10. The predicted molar refractivity (Wildman–Crippen MR) is 102 cm³/mol. The topological polar surface area (TPSA) is 82.2 Å². The normalized spacial score (nSPS) is 11.0. The highest BCUT2D eigenvalue weighted by Gasteiger charge is 2.16. The van der Waals surface area contributed by atoms with Crippen LogP contribution in [0.15, 0.2) is 60.7 Å². The number of benzene rings is 3. The number of rotatable bonds is 3. The highest BCUT2D eigenvalue weighted by Crippen LogP contribution is 2.26. The van der Waals surface area contributed by atoms with Crippen molar-refractivity contribution in [1.82, 2.24) is 4.98 Å². The van der Waals surface area contributed by atoms with Crippen LogP contribution in [0.3, 0.4) is 0 Å². The van der Waals surface area contributed by atoms with Gasteiger partial charge in [-0.15, -0.1) is 0 Å². The number of hydrogen-bond donors (Lipinski definition) is 3. The molecule has 128 valence electrons. The van der Waals surface area contributed by atoms with Crippen LogP contribution in [0.4, 0.5) is 5.69 Å². The number of nitrogens with one attached hydrogen (secondary N) is 2. The average Bonchev–Trinajstić information content (AvgIpc) is 3.04. The van der Waals surface area contributed by atoms with E-state index in [1.54, 1.807) is 36.4 Å². The summed E-state index contributed by atoms with van der Waals surface area (Å²) in [5.74, 6) is -1.52. The minimum absolute atomic E-state index is 0.0382. The number of aromatic nitrogens is 1. The quantitative estimate of drug-likeness (QED) is 0.482. The summed E-state index contributed by atoms with van der Waals surface area (Å²) in [5, 5.41) is 15.2. The average molecular weight is 365 g/mol. The van der Waals surface area contributed by atoms with Crippen LogP contribution < -0.4 is 5.32 Å². The van der Waals surface area contributed by atoms with Gasteiger partial charge >= 0.3 is 5.97 Å². The molecule has 0 aliphatic rings. The number of carboxylic acid groups (broad SMARTS) is 1. The van der Waals surface area contributed by atoms with E-state index >= 15 is 0 Å². The number of H-pyrrole nitrogens is 1. The number of halogens is 1. The van der Waals surface area contributed by atoms with E-state index in [1.807, 2.05) is 24.3 Å². The van der Waals surface area contributed by atoms with Crippen LogP contribution in [-0.2, 0) is 0 Å². The second-order valence-electron chi connectivity index (χ2n) is 5.92. The number of aromatic carboxylic acids is 1. The summed E-state index contributed by atoms with van der Waals surface area (Å²) in [6.07, 6.45) is 0. The summed E-state index contributed by atoms with van der Waals surface area (Å²) < 4.78 is 0. The fourth-order valence-electron chi connectivity index (χ4n) is 2.94. The molecule has 26 heavy (non-hydrogen) atoms. The monoisotopic (exact) mass is 364 g/mol. The summed E-state index contributed by atoms with van der Waals surface area (Å²) >= 11 is 5.97. The molecule has 0 saturated carbocycles. The van der Waals surface area contributed by atoms with Crippen molar-refractivity contribution in [3.63, 3.8) is 0 Å². The third-order valence-corrected chi connectivity index (χ3v) is 4.43. The predicted octanol–water partition coefficient (Wildman–Crippen LogP) is 4.93. The number of carboxylic acids is 1. The summed E-state index contributed by atoms with van der Waals surface area (Å²) in [7, 11) is 0. The molecule has 6 heteroatoms. The van der Waals surface area contributed by atoms with Crippen LogP contribution in [0.5, 0.6) is 0 Å². The molecule has 0 radical (unpaired) electrons. The van der Waals surface area contributed by atoms with Gasteiger partial charge in [0.15, 0.2) is 0 Å². The summed E-state index contributed by atoms with van der Waals surface area (Å²) in [5.41, 5.74) is 1.39. The molecule has 0 atom stereocenters. The lowest BCUT2D eigenvalue weighted by molar-refractivity contribution is 0.0698. The van der Waals surface area contributed by atoms with E-state index in [4.69, 9.17) is 11.6 Å². The van der Waals surface area contributed by atoms with Gasteiger partial charge in [0.2, 0.25) is 0 Å². The Hall–Kier alpha value is -3.31. The largest absolute Gasteiger partial charge is 0.478 e. The van der Waals surface area contributed by atoms with Gasteiger partial charge in [-0.2, -0.15) is 0 Å². The molecule has 0 bridgehead atoms. The Kier molecular flexibility index (Phi) is 3.86. The van der Waals surface area contributed by atoms with Gasteiger partial charge in [-0.05, 0) is 47.2 Å².